The van der Waals surface area contributed by atoms with Gasteiger partial charge in [0.15, 0.2) is 0 Å². The molecule has 0 spiro atoms. The first-order valence-electron chi connectivity index (χ1n) is 15.9. The van der Waals surface area contributed by atoms with E-state index in [4.69, 9.17) is 0 Å². The van der Waals surface area contributed by atoms with Gasteiger partial charge in [0.1, 0.15) is 0 Å². The molecule has 0 radical (unpaired) electrons. The summed E-state index contributed by atoms with van der Waals surface area (Å²) in [4.78, 5) is 0. The molecule has 0 aliphatic rings. The lowest BCUT2D eigenvalue weighted by molar-refractivity contribution is 1.62. The van der Waals surface area contributed by atoms with E-state index in [1.165, 1.54) is 87.6 Å². The second kappa shape index (κ2) is 10.9. The Bertz CT molecular complexity index is 2550. The van der Waals surface area contributed by atoms with Crippen LogP contribution in [-0.4, -0.2) is 0 Å². The van der Waals surface area contributed by atoms with Gasteiger partial charge in [0.2, 0.25) is 0 Å². The van der Waals surface area contributed by atoms with E-state index in [9.17, 15) is 0 Å². The Morgan fingerprint density at radius 1 is 0.217 bits per heavy atom. The van der Waals surface area contributed by atoms with E-state index >= 15 is 0 Å². The summed E-state index contributed by atoms with van der Waals surface area (Å²) in [6, 6.07) is 66.6. The largest absolute Gasteiger partial charge is 0.0622 e. The monoisotopic (exact) mass is 582 g/mol. The van der Waals surface area contributed by atoms with E-state index < -0.39 is 0 Å². The highest BCUT2D eigenvalue weighted by molar-refractivity contribution is 6.24. The minimum atomic E-state index is 1.22. The summed E-state index contributed by atoms with van der Waals surface area (Å²) in [5.74, 6) is 0. The van der Waals surface area contributed by atoms with E-state index in [0.29, 0.717) is 0 Å². The summed E-state index contributed by atoms with van der Waals surface area (Å²) in [7, 11) is 0. The van der Waals surface area contributed by atoms with Crippen molar-refractivity contribution >= 4 is 43.1 Å². The molecule has 46 heavy (non-hydrogen) atoms. The maximum atomic E-state index is 2.45. The van der Waals surface area contributed by atoms with Crippen LogP contribution in [0.15, 0.2) is 182 Å². The summed E-state index contributed by atoms with van der Waals surface area (Å²) in [6.07, 6.45) is 0. The third-order valence-corrected chi connectivity index (χ3v) is 9.43. The maximum absolute atomic E-state index is 2.45. The molecule has 9 aromatic rings. The summed E-state index contributed by atoms with van der Waals surface area (Å²) in [6.45, 7) is 0. The normalized spacial score (nSPS) is 11.5. The lowest BCUT2D eigenvalue weighted by atomic mass is 9.83. The van der Waals surface area contributed by atoms with Crippen LogP contribution in [0.25, 0.3) is 87.6 Å². The lowest BCUT2D eigenvalue weighted by Gasteiger charge is -2.20. The van der Waals surface area contributed by atoms with Gasteiger partial charge >= 0.3 is 0 Å². The molecule has 0 atom stereocenters. The highest BCUT2D eigenvalue weighted by atomic mass is 14.2. The van der Waals surface area contributed by atoms with Gasteiger partial charge in [0, 0.05) is 0 Å². The zero-order chi connectivity index (χ0) is 30.5. The maximum Gasteiger partial charge on any atom is -0.00199 e. The minimum Gasteiger partial charge on any atom is -0.0622 e. The van der Waals surface area contributed by atoms with E-state index in [0.717, 1.165) is 0 Å². The van der Waals surface area contributed by atoms with Crippen molar-refractivity contribution in [2.24, 2.45) is 0 Å². The van der Waals surface area contributed by atoms with Crippen molar-refractivity contribution in [1.29, 1.82) is 0 Å². The van der Waals surface area contributed by atoms with Gasteiger partial charge in [-0.3, -0.25) is 0 Å². The van der Waals surface area contributed by atoms with Crippen molar-refractivity contribution in [3.8, 4) is 44.5 Å². The third-order valence-electron chi connectivity index (χ3n) is 9.43. The Morgan fingerprint density at radius 2 is 0.761 bits per heavy atom. The number of fused-ring (bicyclic) bond motifs is 4. The van der Waals surface area contributed by atoms with E-state index in [-0.39, 0.29) is 0 Å². The Balaban J connectivity index is 1.43. The molecule has 0 heterocycles. The van der Waals surface area contributed by atoms with E-state index in [1.54, 1.807) is 0 Å². The molecule has 214 valence electrons. The second-order valence-electron chi connectivity index (χ2n) is 12.1. The molecule has 0 bridgehead atoms. The van der Waals surface area contributed by atoms with Crippen molar-refractivity contribution in [2.75, 3.05) is 0 Å². The fourth-order valence-corrected chi connectivity index (χ4v) is 7.34. The molecule has 0 saturated carbocycles. The van der Waals surface area contributed by atoms with E-state index in [2.05, 4.69) is 182 Å². The summed E-state index contributed by atoms with van der Waals surface area (Å²) < 4.78 is 0. The Kier molecular flexibility index (Phi) is 6.25. The molecule has 0 amide bonds. The summed E-state index contributed by atoms with van der Waals surface area (Å²) in [5.41, 5.74) is 9.99. The zero-order valence-electron chi connectivity index (χ0n) is 25.3. The first-order valence-corrected chi connectivity index (χ1v) is 15.9. The lowest BCUT2D eigenvalue weighted by Crippen LogP contribution is -1.93. The first kappa shape index (κ1) is 26.4. The molecule has 0 N–H and O–H groups in total. The minimum absolute atomic E-state index is 1.22. The molecule has 0 heteroatoms. The number of benzene rings is 9. The fraction of sp³-hybridized carbons (Fsp3) is 0. The number of hydrogen-bond donors (Lipinski definition) is 0. The highest BCUT2D eigenvalue weighted by Gasteiger charge is 2.19. The van der Waals surface area contributed by atoms with Crippen LogP contribution in [0.3, 0.4) is 0 Å². The van der Waals surface area contributed by atoms with Gasteiger partial charge in [-0.1, -0.05) is 164 Å². The van der Waals surface area contributed by atoms with Crippen molar-refractivity contribution in [3.05, 3.63) is 182 Å². The molecule has 0 nitrogen and oxygen atoms in total. The molecule has 0 aliphatic carbocycles. The van der Waals surface area contributed by atoms with Crippen LogP contribution >= 0.6 is 0 Å². The average Bonchev–Trinajstić information content (AvgIpc) is 3.13. The highest BCUT2D eigenvalue weighted by Crippen LogP contribution is 2.47. The molecular formula is C46H30. The van der Waals surface area contributed by atoms with Crippen LogP contribution in [0.5, 0.6) is 0 Å². The molecular weight excluding hydrogens is 553 g/mol. The predicted molar refractivity (Wildman–Crippen MR) is 198 cm³/mol. The fourth-order valence-electron chi connectivity index (χ4n) is 7.34. The Morgan fingerprint density at radius 3 is 1.50 bits per heavy atom. The number of hydrogen-bond acceptors (Lipinski definition) is 0. The van der Waals surface area contributed by atoms with Crippen LogP contribution < -0.4 is 0 Å². The quantitative estimate of drug-likeness (QED) is 0.181. The number of rotatable bonds is 4. The van der Waals surface area contributed by atoms with Gasteiger partial charge in [-0.15, -0.1) is 0 Å². The van der Waals surface area contributed by atoms with E-state index in [1.807, 2.05) is 0 Å². The Labute approximate surface area is 268 Å². The molecule has 9 aromatic carbocycles. The molecule has 0 aromatic heterocycles. The Hall–Kier alpha value is -5.98. The van der Waals surface area contributed by atoms with Crippen molar-refractivity contribution < 1.29 is 0 Å². The van der Waals surface area contributed by atoms with Crippen LogP contribution in [0.4, 0.5) is 0 Å². The second-order valence-corrected chi connectivity index (χ2v) is 12.1. The molecule has 0 saturated heterocycles. The van der Waals surface area contributed by atoms with Crippen LogP contribution in [-0.2, 0) is 0 Å². The van der Waals surface area contributed by atoms with Crippen molar-refractivity contribution in [1.82, 2.24) is 0 Å². The molecule has 0 fully saturated rings. The van der Waals surface area contributed by atoms with Crippen LogP contribution in [0.1, 0.15) is 0 Å². The third kappa shape index (κ3) is 4.30. The topological polar surface area (TPSA) is 0 Å². The van der Waals surface area contributed by atoms with Crippen molar-refractivity contribution in [2.45, 2.75) is 0 Å². The molecule has 0 unspecified atom stereocenters. The molecule has 9 rings (SSSR count). The molecule has 0 aliphatic heterocycles. The van der Waals surface area contributed by atoms with Crippen LogP contribution in [0.2, 0.25) is 0 Å². The first-order chi connectivity index (χ1) is 22.8. The van der Waals surface area contributed by atoms with Gasteiger partial charge in [-0.05, 0) is 106 Å². The SMILES string of the molecule is c1ccc(-c2cc(-c3ccc4c(-c5ccccc5)c5ccccc5c(-c5cccc6ccccc56)c4c3)c3ccccc3c2)cc1. The van der Waals surface area contributed by atoms with Gasteiger partial charge in [0.05, 0.1) is 0 Å². The average molecular weight is 583 g/mol. The van der Waals surface area contributed by atoms with Gasteiger partial charge < -0.3 is 0 Å². The zero-order valence-corrected chi connectivity index (χ0v) is 25.3. The standard InChI is InChI=1S/C46H30/c1-3-14-31(15-4-1)36-28-34-19-8-10-22-38(34)43(30-36)35-26-27-42-44(29-35)46(39-25-13-20-32-16-7-9-21-37(32)39)41-24-12-11-23-40(41)45(42)33-17-5-2-6-18-33/h1-30H. The summed E-state index contributed by atoms with van der Waals surface area (Å²) in [5, 5.41) is 10.1. The van der Waals surface area contributed by atoms with Crippen LogP contribution in [0, 0.1) is 0 Å². The van der Waals surface area contributed by atoms with Crippen molar-refractivity contribution in [3.63, 3.8) is 0 Å². The predicted octanol–water partition coefficient (Wildman–Crippen LogP) is 13.0. The van der Waals surface area contributed by atoms with Gasteiger partial charge in [0.25, 0.3) is 0 Å². The summed E-state index contributed by atoms with van der Waals surface area (Å²) >= 11 is 0. The van der Waals surface area contributed by atoms with Gasteiger partial charge in [-0.2, -0.15) is 0 Å². The van der Waals surface area contributed by atoms with Gasteiger partial charge in [-0.25, -0.2) is 0 Å². The smallest absolute Gasteiger partial charge is 0.00199 e.